The molecular weight excluding hydrogens is 220 g/mol. The van der Waals surface area contributed by atoms with Gasteiger partial charge >= 0.3 is 11.9 Å². The van der Waals surface area contributed by atoms with Gasteiger partial charge in [0.15, 0.2) is 0 Å². The minimum Gasteiger partial charge on any atom is -0.456 e. The third-order valence-electron chi connectivity index (χ3n) is 2.95. The molecule has 16 heavy (non-hydrogen) atoms. The molecule has 6 heteroatoms. The molecule has 1 aliphatic carbocycles. The van der Waals surface area contributed by atoms with Crippen molar-refractivity contribution in [1.82, 2.24) is 5.32 Å². The highest BCUT2D eigenvalue weighted by Gasteiger charge is 2.50. The van der Waals surface area contributed by atoms with Gasteiger partial charge in [-0.3, -0.25) is 0 Å². The van der Waals surface area contributed by atoms with Crippen LogP contribution in [0.25, 0.3) is 0 Å². The number of halogens is 2. The largest absolute Gasteiger partial charge is 0.456 e. The number of nitrogens with one attached hydrogen (secondary N) is 1. The van der Waals surface area contributed by atoms with Crippen LogP contribution >= 0.6 is 0 Å². The molecule has 92 valence electrons. The number of alkyl halides is 2. The molecule has 2 aliphatic rings. The van der Waals surface area contributed by atoms with Crippen LogP contribution in [0, 0.1) is 5.92 Å². The molecule has 1 heterocycles. The lowest BCUT2D eigenvalue weighted by Gasteiger charge is -2.13. The third-order valence-corrected chi connectivity index (χ3v) is 2.95. The Hall–Kier alpha value is -0.750. The molecule has 0 aromatic carbocycles. The fourth-order valence-corrected chi connectivity index (χ4v) is 1.80. The number of aliphatic hydroxyl groups is 1. The second-order valence-corrected chi connectivity index (χ2v) is 4.50. The molecule has 2 rings (SSSR count). The van der Waals surface area contributed by atoms with Gasteiger partial charge in [0.1, 0.15) is 6.10 Å². The zero-order chi connectivity index (χ0) is 11.8. The van der Waals surface area contributed by atoms with Crippen molar-refractivity contribution >= 4 is 5.97 Å². The molecule has 0 amide bonds. The maximum Gasteiger partial charge on any atom is 0.377 e. The summed E-state index contributed by atoms with van der Waals surface area (Å²) >= 11 is 0. The SMILES string of the molecule is O=C1OC(CNCC(O)C2CC2)CC1(F)F. The minimum absolute atomic E-state index is 0.172. The van der Waals surface area contributed by atoms with E-state index in [1.165, 1.54) is 0 Å². The van der Waals surface area contributed by atoms with Crippen molar-refractivity contribution in [3.8, 4) is 0 Å². The van der Waals surface area contributed by atoms with E-state index in [1.807, 2.05) is 0 Å². The molecule has 0 spiro atoms. The second kappa shape index (κ2) is 4.25. The quantitative estimate of drug-likeness (QED) is 0.673. The van der Waals surface area contributed by atoms with E-state index in [4.69, 9.17) is 0 Å². The van der Waals surface area contributed by atoms with Gasteiger partial charge in [-0.05, 0) is 18.8 Å². The Bertz CT molecular complexity index is 281. The molecule has 2 unspecified atom stereocenters. The average molecular weight is 235 g/mol. The molecule has 0 aromatic rings. The zero-order valence-corrected chi connectivity index (χ0v) is 8.79. The third kappa shape index (κ3) is 2.68. The lowest BCUT2D eigenvalue weighted by atomic mass is 10.2. The Labute approximate surface area is 92.0 Å². The molecular formula is C10H15F2NO3. The maximum absolute atomic E-state index is 12.8. The van der Waals surface area contributed by atoms with Gasteiger partial charge in [0.2, 0.25) is 0 Å². The highest BCUT2D eigenvalue weighted by Crippen LogP contribution is 2.32. The number of esters is 1. The lowest BCUT2D eigenvalue weighted by Crippen LogP contribution is -2.34. The van der Waals surface area contributed by atoms with Crippen LogP contribution in [0.3, 0.4) is 0 Å². The highest BCUT2D eigenvalue weighted by atomic mass is 19.3. The first-order valence-corrected chi connectivity index (χ1v) is 5.47. The first-order valence-electron chi connectivity index (χ1n) is 5.47. The number of hydrogen-bond donors (Lipinski definition) is 2. The monoisotopic (exact) mass is 235 g/mol. The Morgan fingerprint density at radius 3 is 2.75 bits per heavy atom. The fourth-order valence-electron chi connectivity index (χ4n) is 1.80. The van der Waals surface area contributed by atoms with Gasteiger partial charge in [-0.2, -0.15) is 8.78 Å². The predicted octanol–water partition coefficient (Wildman–Crippen LogP) is 0.298. The van der Waals surface area contributed by atoms with Crippen molar-refractivity contribution in [3.63, 3.8) is 0 Å². The number of aliphatic hydroxyl groups excluding tert-OH is 1. The van der Waals surface area contributed by atoms with Crippen LogP contribution in [-0.2, 0) is 9.53 Å². The molecule has 0 radical (unpaired) electrons. The summed E-state index contributed by atoms with van der Waals surface area (Å²) < 4.78 is 30.0. The zero-order valence-electron chi connectivity index (χ0n) is 8.79. The molecule has 2 N–H and O–H groups in total. The van der Waals surface area contributed by atoms with Crippen LogP contribution < -0.4 is 5.32 Å². The van der Waals surface area contributed by atoms with Crippen molar-refractivity contribution in [2.75, 3.05) is 13.1 Å². The van der Waals surface area contributed by atoms with Gasteiger partial charge in [-0.25, -0.2) is 4.79 Å². The average Bonchev–Trinajstić information content (AvgIpc) is 2.96. The van der Waals surface area contributed by atoms with Crippen LogP contribution in [-0.4, -0.2) is 42.3 Å². The van der Waals surface area contributed by atoms with E-state index in [2.05, 4.69) is 10.1 Å². The molecule has 2 fully saturated rings. The van der Waals surface area contributed by atoms with E-state index in [1.54, 1.807) is 0 Å². The molecule has 0 aromatic heterocycles. The molecule has 2 atom stereocenters. The van der Waals surface area contributed by atoms with Gasteiger partial charge in [0.25, 0.3) is 0 Å². The number of hydrogen-bond acceptors (Lipinski definition) is 4. The van der Waals surface area contributed by atoms with Crippen molar-refractivity contribution in [2.24, 2.45) is 5.92 Å². The fraction of sp³-hybridized carbons (Fsp3) is 0.900. The van der Waals surface area contributed by atoms with Crippen LogP contribution in [0.2, 0.25) is 0 Å². The summed E-state index contributed by atoms with van der Waals surface area (Å²) in [6.07, 6.45) is 0.281. The normalized spacial score (nSPS) is 30.2. The summed E-state index contributed by atoms with van der Waals surface area (Å²) in [7, 11) is 0. The summed E-state index contributed by atoms with van der Waals surface area (Å²) in [5, 5.41) is 12.3. The van der Waals surface area contributed by atoms with Crippen LogP contribution in [0.1, 0.15) is 19.3 Å². The van der Waals surface area contributed by atoms with Gasteiger partial charge in [0.05, 0.1) is 12.5 Å². The standard InChI is InChI=1S/C10H15F2NO3/c11-10(12)3-7(16-9(10)15)4-13-5-8(14)6-1-2-6/h6-8,13-14H,1-5H2. The molecule has 1 saturated heterocycles. The van der Waals surface area contributed by atoms with Crippen LogP contribution in [0.15, 0.2) is 0 Å². The summed E-state index contributed by atoms with van der Waals surface area (Å²) in [4.78, 5) is 10.7. The van der Waals surface area contributed by atoms with Crippen molar-refractivity contribution in [1.29, 1.82) is 0 Å². The van der Waals surface area contributed by atoms with E-state index in [9.17, 15) is 18.7 Å². The van der Waals surface area contributed by atoms with Crippen LogP contribution in [0.4, 0.5) is 8.78 Å². The number of carbonyl (C=O) groups excluding carboxylic acids is 1. The summed E-state index contributed by atoms with van der Waals surface area (Å²) in [6, 6.07) is 0. The molecule has 0 bridgehead atoms. The minimum atomic E-state index is -3.35. The highest BCUT2D eigenvalue weighted by molar-refractivity contribution is 5.79. The van der Waals surface area contributed by atoms with Crippen LogP contribution in [0.5, 0.6) is 0 Å². The Morgan fingerprint density at radius 2 is 2.25 bits per heavy atom. The number of cyclic esters (lactones) is 1. The molecule has 4 nitrogen and oxygen atoms in total. The predicted molar refractivity (Wildman–Crippen MR) is 51.0 cm³/mol. The van der Waals surface area contributed by atoms with E-state index in [-0.39, 0.29) is 6.54 Å². The summed E-state index contributed by atoms with van der Waals surface area (Å²) in [6.45, 7) is 0.537. The topological polar surface area (TPSA) is 58.6 Å². The van der Waals surface area contributed by atoms with Gasteiger partial charge in [0, 0.05) is 13.1 Å². The van der Waals surface area contributed by atoms with E-state index in [0.29, 0.717) is 12.5 Å². The van der Waals surface area contributed by atoms with Crippen molar-refractivity contribution < 1.29 is 23.4 Å². The Kier molecular flexibility index (Phi) is 3.12. The summed E-state index contributed by atoms with van der Waals surface area (Å²) in [5.41, 5.74) is 0. The molecule has 1 aliphatic heterocycles. The number of rotatable bonds is 5. The maximum atomic E-state index is 12.8. The van der Waals surface area contributed by atoms with Gasteiger partial charge in [-0.1, -0.05) is 0 Å². The Morgan fingerprint density at radius 1 is 1.56 bits per heavy atom. The number of ether oxygens (including phenoxy) is 1. The lowest BCUT2D eigenvalue weighted by molar-refractivity contribution is -0.159. The van der Waals surface area contributed by atoms with Crippen molar-refractivity contribution in [2.45, 2.75) is 37.4 Å². The molecule has 1 saturated carbocycles. The van der Waals surface area contributed by atoms with Gasteiger partial charge in [-0.15, -0.1) is 0 Å². The summed E-state index contributed by atoms with van der Waals surface area (Å²) in [5.74, 6) is -4.44. The number of carbonyl (C=O) groups is 1. The van der Waals surface area contributed by atoms with Crippen molar-refractivity contribution in [3.05, 3.63) is 0 Å². The van der Waals surface area contributed by atoms with E-state index >= 15 is 0 Å². The first kappa shape index (κ1) is 11.7. The van der Waals surface area contributed by atoms with E-state index < -0.39 is 30.5 Å². The second-order valence-electron chi connectivity index (χ2n) is 4.50. The Balaban J connectivity index is 1.65. The van der Waals surface area contributed by atoms with E-state index in [0.717, 1.165) is 12.8 Å². The first-order chi connectivity index (χ1) is 7.49. The smallest absolute Gasteiger partial charge is 0.377 e. The van der Waals surface area contributed by atoms with Gasteiger partial charge < -0.3 is 15.2 Å².